The molecule has 2 rings (SSSR count). The number of allylic oxidation sites excluding steroid dienone is 6. The van der Waals surface area contributed by atoms with Gasteiger partial charge in [0.15, 0.2) is 12.6 Å². The van der Waals surface area contributed by atoms with E-state index < -0.39 is 86.7 Å². The van der Waals surface area contributed by atoms with E-state index in [9.17, 15) is 40.5 Å². The quantitative estimate of drug-likeness (QED) is 0.0272. The smallest absolute Gasteiger partial charge is 0.306 e. The van der Waals surface area contributed by atoms with Gasteiger partial charge in [-0.25, -0.2) is 0 Å². The molecular formula is C44H78O14. The molecule has 2 aliphatic heterocycles. The van der Waals surface area contributed by atoms with Crippen molar-refractivity contribution in [2.75, 3.05) is 33.0 Å². The first-order chi connectivity index (χ1) is 28.1. The lowest BCUT2D eigenvalue weighted by atomic mass is 9.98. The van der Waals surface area contributed by atoms with Crippen molar-refractivity contribution >= 4 is 5.97 Å². The average Bonchev–Trinajstić information content (AvgIpc) is 3.22. The second-order valence-corrected chi connectivity index (χ2v) is 15.5. The lowest BCUT2D eigenvalue weighted by Crippen LogP contribution is -2.61. The molecule has 0 radical (unpaired) electrons. The maximum atomic E-state index is 12.7. The molecule has 0 aliphatic carbocycles. The van der Waals surface area contributed by atoms with Crippen molar-refractivity contribution in [3.05, 3.63) is 36.5 Å². The highest BCUT2D eigenvalue weighted by atomic mass is 16.7. The van der Waals surface area contributed by atoms with Gasteiger partial charge in [-0.3, -0.25) is 4.79 Å². The molecule has 7 N–H and O–H groups in total. The highest BCUT2D eigenvalue weighted by Crippen LogP contribution is 2.26. The number of aliphatic hydroxyl groups is 7. The van der Waals surface area contributed by atoms with E-state index in [-0.39, 0.29) is 19.6 Å². The Labute approximate surface area is 347 Å². The molecule has 338 valence electrons. The molecule has 0 bridgehead atoms. The van der Waals surface area contributed by atoms with E-state index >= 15 is 0 Å². The first-order valence-electron chi connectivity index (χ1n) is 22.1. The summed E-state index contributed by atoms with van der Waals surface area (Å²) in [6, 6.07) is 0. The summed E-state index contributed by atoms with van der Waals surface area (Å²) >= 11 is 0. The standard InChI is InChI=1S/C44H78O14/c1-3-5-7-9-10-11-12-13-14-15-16-17-18-19-20-21-22-23-24-26-28-53-30-33(56-36(46)27-25-8-6-4-2)31-54-43-42(52)40(50)38(48)35(58-43)32-55-44-41(51)39(49)37(47)34(29-45)57-44/h10-11,13-14,16-17,33-35,37-45,47-52H,3-9,12,15,18-32H2,1-2H3/b11-10-,14-13-,17-16-. The maximum Gasteiger partial charge on any atom is 0.306 e. The number of hydrogen-bond acceptors (Lipinski definition) is 14. The molecule has 0 aromatic heterocycles. The number of rotatable bonds is 33. The molecule has 14 heteroatoms. The number of aliphatic hydroxyl groups excluding tert-OH is 7. The Bertz CT molecular complexity index is 1100. The molecule has 0 aromatic rings. The zero-order valence-corrected chi connectivity index (χ0v) is 35.3. The number of unbranched alkanes of at least 4 members (excludes halogenated alkanes) is 13. The third kappa shape index (κ3) is 21.6. The van der Waals surface area contributed by atoms with Crippen molar-refractivity contribution in [3.63, 3.8) is 0 Å². The first kappa shape index (κ1) is 52.3. The van der Waals surface area contributed by atoms with Crippen LogP contribution in [0, 0.1) is 0 Å². The van der Waals surface area contributed by atoms with Crippen LogP contribution in [0.15, 0.2) is 36.5 Å². The highest BCUT2D eigenvalue weighted by Gasteiger charge is 2.47. The van der Waals surface area contributed by atoms with E-state index in [1.54, 1.807) is 0 Å². The van der Waals surface area contributed by atoms with E-state index in [1.165, 1.54) is 51.4 Å². The number of ether oxygens (including phenoxy) is 6. The molecule has 2 saturated heterocycles. The summed E-state index contributed by atoms with van der Waals surface area (Å²) in [5.74, 6) is -0.400. The van der Waals surface area contributed by atoms with E-state index in [0.717, 1.165) is 57.8 Å². The topological polar surface area (TPSA) is 214 Å². The second kappa shape index (κ2) is 32.9. The van der Waals surface area contributed by atoms with Crippen LogP contribution in [0.4, 0.5) is 0 Å². The summed E-state index contributed by atoms with van der Waals surface area (Å²) in [4.78, 5) is 12.7. The summed E-state index contributed by atoms with van der Waals surface area (Å²) in [5.41, 5.74) is 0. The fourth-order valence-electron chi connectivity index (χ4n) is 6.70. The predicted octanol–water partition coefficient (Wildman–Crippen LogP) is 4.68. The molecule has 0 saturated carbocycles. The molecule has 11 atom stereocenters. The highest BCUT2D eigenvalue weighted by molar-refractivity contribution is 5.69. The fourth-order valence-corrected chi connectivity index (χ4v) is 6.70. The molecule has 0 amide bonds. The van der Waals surface area contributed by atoms with Crippen molar-refractivity contribution in [1.82, 2.24) is 0 Å². The third-order valence-electron chi connectivity index (χ3n) is 10.4. The molecule has 0 aromatic carbocycles. The SMILES string of the molecule is CCCCC/C=C\C/C=C\C/C=C\CCCCCCCCCOCC(COC1OC(COC2OC(CO)C(O)C(O)C2O)C(O)C(O)C1O)OC(=O)CCCCCC. The Morgan fingerprint density at radius 1 is 0.569 bits per heavy atom. The van der Waals surface area contributed by atoms with Gasteiger partial charge in [-0.15, -0.1) is 0 Å². The molecule has 2 fully saturated rings. The molecule has 14 nitrogen and oxygen atoms in total. The van der Waals surface area contributed by atoms with Crippen LogP contribution in [0.1, 0.15) is 136 Å². The summed E-state index contributed by atoms with van der Waals surface area (Å²) in [7, 11) is 0. The van der Waals surface area contributed by atoms with E-state index in [2.05, 4.69) is 50.3 Å². The van der Waals surface area contributed by atoms with Crippen LogP contribution in [-0.2, 0) is 33.2 Å². The Balaban J connectivity index is 1.71. The van der Waals surface area contributed by atoms with Gasteiger partial charge in [0.25, 0.3) is 0 Å². The molecule has 2 heterocycles. The van der Waals surface area contributed by atoms with Crippen LogP contribution in [0.5, 0.6) is 0 Å². The van der Waals surface area contributed by atoms with E-state index in [4.69, 9.17) is 28.4 Å². The van der Waals surface area contributed by atoms with Crippen molar-refractivity contribution in [2.24, 2.45) is 0 Å². The van der Waals surface area contributed by atoms with Gasteiger partial charge < -0.3 is 64.2 Å². The maximum absolute atomic E-state index is 12.7. The van der Waals surface area contributed by atoms with E-state index in [1.807, 2.05) is 0 Å². The molecule has 2 aliphatic rings. The second-order valence-electron chi connectivity index (χ2n) is 15.5. The van der Waals surface area contributed by atoms with Gasteiger partial charge in [-0.1, -0.05) is 115 Å². The number of hydrogen-bond donors (Lipinski definition) is 7. The van der Waals surface area contributed by atoms with Gasteiger partial charge >= 0.3 is 5.97 Å². The van der Waals surface area contributed by atoms with Crippen LogP contribution in [-0.4, -0.2) is 142 Å². The molecule has 11 unspecified atom stereocenters. The van der Waals surface area contributed by atoms with Gasteiger partial charge in [0, 0.05) is 13.0 Å². The minimum Gasteiger partial charge on any atom is -0.457 e. The summed E-state index contributed by atoms with van der Waals surface area (Å²) in [5, 5.41) is 71.5. The van der Waals surface area contributed by atoms with E-state index in [0.29, 0.717) is 13.0 Å². The number of esters is 1. The Hall–Kier alpha value is -1.79. The van der Waals surface area contributed by atoms with Crippen LogP contribution >= 0.6 is 0 Å². The molecule has 0 spiro atoms. The number of carbonyl (C=O) groups excluding carboxylic acids is 1. The zero-order chi connectivity index (χ0) is 42.4. The summed E-state index contributed by atoms with van der Waals surface area (Å²) in [6.07, 6.45) is 17.2. The minimum atomic E-state index is -1.70. The average molecular weight is 831 g/mol. The normalized spacial score (nSPS) is 28.6. The lowest BCUT2D eigenvalue weighted by molar-refractivity contribution is -0.332. The largest absolute Gasteiger partial charge is 0.457 e. The monoisotopic (exact) mass is 831 g/mol. The Kier molecular flexibility index (Phi) is 29.7. The summed E-state index contributed by atoms with van der Waals surface area (Å²) < 4.78 is 33.9. The van der Waals surface area contributed by atoms with Crippen LogP contribution in [0.25, 0.3) is 0 Å². The van der Waals surface area contributed by atoms with Crippen LogP contribution in [0.3, 0.4) is 0 Å². The van der Waals surface area contributed by atoms with Gasteiger partial charge in [0.1, 0.15) is 54.9 Å². The van der Waals surface area contributed by atoms with Crippen molar-refractivity contribution in [3.8, 4) is 0 Å². The summed E-state index contributed by atoms with van der Waals surface area (Å²) in [6.45, 7) is 3.48. The lowest BCUT2D eigenvalue weighted by Gasteiger charge is -2.42. The van der Waals surface area contributed by atoms with Crippen LogP contribution < -0.4 is 0 Å². The Morgan fingerprint density at radius 2 is 1.07 bits per heavy atom. The van der Waals surface area contributed by atoms with Gasteiger partial charge in [-0.05, 0) is 51.4 Å². The van der Waals surface area contributed by atoms with Gasteiger partial charge in [0.05, 0.1) is 26.4 Å². The molecule has 58 heavy (non-hydrogen) atoms. The van der Waals surface area contributed by atoms with Crippen molar-refractivity contribution in [1.29, 1.82) is 0 Å². The van der Waals surface area contributed by atoms with Crippen molar-refractivity contribution < 1.29 is 69.0 Å². The minimum absolute atomic E-state index is 0.0534. The predicted molar refractivity (Wildman–Crippen MR) is 220 cm³/mol. The fraction of sp³-hybridized carbons (Fsp3) is 0.841. The zero-order valence-electron chi connectivity index (χ0n) is 35.3. The number of carbonyl (C=O) groups is 1. The Morgan fingerprint density at radius 3 is 1.69 bits per heavy atom. The van der Waals surface area contributed by atoms with Crippen molar-refractivity contribution in [2.45, 2.75) is 203 Å². The van der Waals surface area contributed by atoms with Gasteiger partial charge in [-0.2, -0.15) is 0 Å². The van der Waals surface area contributed by atoms with Gasteiger partial charge in [0.2, 0.25) is 0 Å². The first-order valence-corrected chi connectivity index (χ1v) is 22.1. The van der Waals surface area contributed by atoms with Crippen LogP contribution in [0.2, 0.25) is 0 Å². The third-order valence-corrected chi connectivity index (χ3v) is 10.4. The molecular weight excluding hydrogens is 752 g/mol.